The molecule has 208 valence electrons. The van der Waals surface area contributed by atoms with Crippen LogP contribution in [0.4, 0.5) is 0 Å². The van der Waals surface area contributed by atoms with E-state index in [0.717, 1.165) is 4.90 Å². The van der Waals surface area contributed by atoms with Gasteiger partial charge in [-0.3, -0.25) is 18.7 Å². The van der Waals surface area contributed by atoms with Crippen LogP contribution >= 0.6 is 0 Å². The van der Waals surface area contributed by atoms with E-state index in [-0.39, 0.29) is 29.5 Å². The van der Waals surface area contributed by atoms with Crippen LogP contribution in [0.5, 0.6) is 0 Å². The van der Waals surface area contributed by atoms with E-state index in [1.807, 2.05) is 0 Å². The largest absolute Gasteiger partial charge is 0.458 e. The van der Waals surface area contributed by atoms with Crippen molar-refractivity contribution in [3.63, 3.8) is 0 Å². The molecule has 2 heterocycles. The minimum Gasteiger partial charge on any atom is -0.458 e. The van der Waals surface area contributed by atoms with E-state index < -0.39 is 44.5 Å². The molecular formula is C27H39N3O7Si. The first-order valence-electron chi connectivity index (χ1n) is 12.7. The average molecular weight is 546 g/mol. The van der Waals surface area contributed by atoms with Crippen LogP contribution in [0.2, 0.25) is 18.1 Å². The van der Waals surface area contributed by atoms with Gasteiger partial charge in [0.05, 0.1) is 29.1 Å². The zero-order valence-electron chi connectivity index (χ0n) is 23.5. The summed E-state index contributed by atoms with van der Waals surface area (Å²) in [4.78, 5) is 52.4. The monoisotopic (exact) mass is 545 g/mol. The number of hydrogen-bond acceptors (Lipinski definition) is 7. The zero-order valence-corrected chi connectivity index (χ0v) is 24.5. The molecule has 38 heavy (non-hydrogen) atoms. The molecule has 0 aliphatic carbocycles. The highest BCUT2D eigenvalue weighted by atomic mass is 28.4. The number of ketones is 1. The Kier molecular flexibility index (Phi) is 8.26. The summed E-state index contributed by atoms with van der Waals surface area (Å²) in [6, 6.07) is 4.20. The van der Waals surface area contributed by atoms with Crippen LogP contribution in [-0.2, 0) is 32.8 Å². The number of hydrogen-bond donors (Lipinski definition) is 1. The lowest BCUT2D eigenvalue weighted by molar-refractivity contribution is -0.195. The summed E-state index contributed by atoms with van der Waals surface area (Å²) >= 11 is 0. The number of rotatable bonds is 10. The van der Waals surface area contributed by atoms with Crippen molar-refractivity contribution in [2.75, 3.05) is 6.61 Å². The Morgan fingerprint density at radius 3 is 2.34 bits per heavy atom. The highest BCUT2D eigenvalue weighted by Gasteiger charge is 2.56. The first kappa shape index (κ1) is 29.5. The molecule has 1 amide bonds. The number of aliphatic hydroxyl groups is 1. The maximum Gasteiger partial charge on any atom is 0.356 e. The topological polar surface area (TPSA) is 120 Å². The number of carbonyl (C=O) groups excluding carboxylic acids is 3. The number of aryl methyl sites for hydroxylation is 2. The number of β-lactam (4-membered cyclic amide) rings is 1. The second-order valence-corrected chi connectivity index (χ2v) is 16.2. The Morgan fingerprint density at radius 2 is 1.76 bits per heavy atom. The molecule has 10 nitrogen and oxygen atoms in total. The molecule has 3 rings (SSSR count). The lowest BCUT2D eigenvalue weighted by Gasteiger charge is -2.52. The quantitative estimate of drug-likeness (QED) is 0.160. The molecule has 0 saturated carbocycles. The number of likely N-dealkylation sites (tertiary alicyclic amines) is 1. The summed E-state index contributed by atoms with van der Waals surface area (Å²) in [5.41, 5.74) is 1.44. The standard InChI is InChI=1S/C27H39N3O7Si/c1-10-13-36-25(34)24(33)30-20(22(23(30)32)16(2)37-38(8,9)27(3,4)5)15-21(31)17-11-12-18-19(14-17)29(7)26(35)28(18)6/h10-12,14,16,20,22,24,33H,1,13,15H2,2-9H3/t16-,20+,22+,24?/m0/s1. The molecule has 1 aliphatic rings. The first-order chi connectivity index (χ1) is 17.5. The minimum atomic E-state index is -2.26. The Labute approximate surface area is 223 Å². The highest BCUT2D eigenvalue weighted by molar-refractivity contribution is 6.74. The lowest BCUT2D eigenvalue weighted by Crippen LogP contribution is -2.70. The number of Topliss-reactive ketones (excluding diaryl/α,β-unsaturated/α-hetero) is 1. The molecule has 1 fully saturated rings. The van der Waals surface area contributed by atoms with E-state index in [4.69, 9.17) is 9.16 Å². The van der Waals surface area contributed by atoms with Crippen LogP contribution < -0.4 is 5.69 Å². The number of fused-ring (bicyclic) bond motifs is 1. The summed E-state index contributed by atoms with van der Waals surface area (Å²) in [5.74, 6) is -2.48. The first-order valence-corrected chi connectivity index (χ1v) is 15.6. The number of aromatic nitrogens is 2. The van der Waals surface area contributed by atoms with Gasteiger partial charge >= 0.3 is 11.7 Å². The fraction of sp³-hybridized carbons (Fsp3) is 0.556. The number of nitrogens with zero attached hydrogens (tertiary/aromatic N) is 3. The third kappa shape index (κ3) is 5.27. The third-order valence-electron chi connectivity index (χ3n) is 7.91. The van der Waals surface area contributed by atoms with Gasteiger partial charge in [0.25, 0.3) is 0 Å². The van der Waals surface area contributed by atoms with Crippen LogP contribution in [0.3, 0.4) is 0 Å². The Balaban J connectivity index is 1.92. The number of esters is 1. The van der Waals surface area contributed by atoms with Crippen molar-refractivity contribution in [3.05, 3.63) is 46.9 Å². The van der Waals surface area contributed by atoms with Crippen LogP contribution in [0, 0.1) is 5.92 Å². The Hall–Kier alpha value is -3.02. The van der Waals surface area contributed by atoms with Gasteiger partial charge in [-0.1, -0.05) is 33.4 Å². The van der Waals surface area contributed by atoms with Crippen molar-refractivity contribution in [2.24, 2.45) is 20.0 Å². The van der Waals surface area contributed by atoms with Crippen LogP contribution in [-0.4, -0.2) is 70.1 Å². The normalized spacial score (nSPS) is 19.7. The molecule has 1 aromatic heterocycles. The second-order valence-electron chi connectivity index (χ2n) is 11.4. The summed E-state index contributed by atoms with van der Waals surface area (Å²) in [5, 5.41) is 10.6. The third-order valence-corrected chi connectivity index (χ3v) is 12.5. The maximum atomic E-state index is 13.4. The van der Waals surface area contributed by atoms with Crippen molar-refractivity contribution in [1.29, 1.82) is 0 Å². The van der Waals surface area contributed by atoms with Crippen LogP contribution in [0.1, 0.15) is 44.5 Å². The number of benzene rings is 1. The highest BCUT2D eigenvalue weighted by Crippen LogP contribution is 2.41. The number of aliphatic hydroxyl groups excluding tert-OH is 1. The molecular weight excluding hydrogens is 506 g/mol. The minimum absolute atomic E-state index is 0.103. The molecule has 1 aromatic carbocycles. The molecule has 1 N–H and O–H groups in total. The predicted molar refractivity (Wildman–Crippen MR) is 146 cm³/mol. The van der Waals surface area contributed by atoms with E-state index in [2.05, 4.69) is 40.4 Å². The number of ether oxygens (including phenoxy) is 1. The van der Waals surface area contributed by atoms with E-state index in [9.17, 15) is 24.3 Å². The van der Waals surface area contributed by atoms with Crippen LogP contribution in [0.15, 0.2) is 35.6 Å². The van der Waals surface area contributed by atoms with Gasteiger partial charge in [0.2, 0.25) is 12.1 Å². The molecule has 1 unspecified atom stereocenters. The molecule has 0 bridgehead atoms. The second kappa shape index (κ2) is 10.6. The van der Waals surface area contributed by atoms with E-state index in [1.165, 1.54) is 15.2 Å². The van der Waals surface area contributed by atoms with Crippen molar-refractivity contribution < 1.29 is 28.7 Å². The van der Waals surface area contributed by atoms with Gasteiger partial charge < -0.3 is 19.2 Å². The molecule has 11 heteroatoms. The summed E-state index contributed by atoms with van der Waals surface area (Å²) < 4.78 is 14.4. The molecule has 1 saturated heterocycles. The number of amides is 1. The maximum absolute atomic E-state index is 13.4. The number of carbonyl (C=O) groups is 3. The Bertz CT molecular complexity index is 1320. The lowest BCUT2D eigenvalue weighted by atomic mass is 9.79. The van der Waals surface area contributed by atoms with Crippen molar-refractivity contribution >= 4 is 37.0 Å². The van der Waals surface area contributed by atoms with Crippen LogP contribution in [0.25, 0.3) is 11.0 Å². The summed E-state index contributed by atoms with van der Waals surface area (Å²) in [6.45, 7) is 15.6. The molecule has 2 aromatic rings. The van der Waals surface area contributed by atoms with E-state index in [0.29, 0.717) is 16.6 Å². The van der Waals surface area contributed by atoms with Gasteiger partial charge in [-0.15, -0.1) is 0 Å². The summed E-state index contributed by atoms with van der Waals surface area (Å²) in [6.07, 6.45) is -1.17. The SMILES string of the molecule is C=CCOC(=O)C(O)N1C(=O)[C@H]([C@H](C)O[Si](C)(C)C(C)(C)C)[C@H]1CC(=O)c1ccc2c(c1)n(C)c(=O)n2C. The fourth-order valence-electron chi connectivity index (χ4n) is 4.66. The fourth-order valence-corrected chi connectivity index (χ4v) is 6.09. The van der Waals surface area contributed by atoms with Gasteiger partial charge in [0, 0.05) is 26.1 Å². The Morgan fingerprint density at radius 1 is 1.16 bits per heavy atom. The van der Waals surface area contributed by atoms with Gasteiger partial charge in [0.15, 0.2) is 14.1 Å². The van der Waals surface area contributed by atoms with E-state index in [1.54, 1.807) is 39.2 Å². The molecule has 1 aliphatic heterocycles. The molecule has 0 radical (unpaired) electrons. The average Bonchev–Trinajstić information content (AvgIpc) is 3.04. The van der Waals surface area contributed by atoms with Gasteiger partial charge in [-0.05, 0) is 43.3 Å². The molecule has 0 spiro atoms. The smallest absolute Gasteiger partial charge is 0.356 e. The number of imidazole rings is 1. The van der Waals surface area contributed by atoms with E-state index >= 15 is 0 Å². The predicted octanol–water partition coefficient (Wildman–Crippen LogP) is 2.73. The van der Waals surface area contributed by atoms with Crippen molar-refractivity contribution in [3.8, 4) is 0 Å². The van der Waals surface area contributed by atoms with Crippen molar-refractivity contribution in [2.45, 2.75) is 70.6 Å². The van der Waals surface area contributed by atoms with Gasteiger partial charge in [0.1, 0.15) is 6.61 Å². The summed E-state index contributed by atoms with van der Waals surface area (Å²) in [7, 11) is 1.03. The zero-order chi connectivity index (χ0) is 28.7. The van der Waals surface area contributed by atoms with Gasteiger partial charge in [-0.2, -0.15) is 0 Å². The molecule has 4 atom stereocenters. The van der Waals surface area contributed by atoms with Crippen molar-refractivity contribution in [1.82, 2.24) is 14.0 Å². The van der Waals surface area contributed by atoms with Gasteiger partial charge in [-0.25, -0.2) is 9.59 Å².